The first-order valence-corrected chi connectivity index (χ1v) is 11.7. The molecule has 2 heterocycles. The minimum atomic E-state index is -0.262. The van der Waals surface area contributed by atoms with Crippen LogP contribution < -0.4 is 15.4 Å². The van der Waals surface area contributed by atoms with Crippen LogP contribution in [-0.4, -0.2) is 27.9 Å². The summed E-state index contributed by atoms with van der Waals surface area (Å²) < 4.78 is 5.93. The number of carbonyl (C=O) groups excluding carboxylic acids is 1. The second kappa shape index (κ2) is 9.87. The molecule has 0 radical (unpaired) electrons. The number of nitrogens with zero attached hydrogens (tertiary/aromatic N) is 3. The van der Waals surface area contributed by atoms with Crippen molar-refractivity contribution in [1.82, 2.24) is 20.3 Å². The number of anilines is 2. The first-order valence-electron chi connectivity index (χ1n) is 11.7. The average Bonchev–Trinajstić information content (AvgIpc) is 2.89. The van der Waals surface area contributed by atoms with Gasteiger partial charge in [-0.1, -0.05) is 31.4 Å². The molecule has 0 aliphatic heterocycles. The highest BCUT2D eigenvalue weighted by Crippen LogP contribution is 2.34. The number of nitrogens with one attached hydrogen (secondary N) is 2. The fourth-order valence-electron chi connectivity index (χ4n) is 4.43. The third-order valence-corrected chi connectivity index (χ3v) is 6.20. The fraction of sp³-hybridized carbons (Fsp3) is 0.259. The number of hydrogen-bond donors (Lipinski definition) is 2. The Morgan fingerprint density at radius 2 is 1.82 bits per heavy atom. The number of aromatic nitrogens is 3. The molecule has 0 atom stereocenters. The molecule has 1 aliphatic carbocycles. The zero-order valence-electron chi connectivity index (χ0n) is 19.1. The van der Waals surface area contributed by atoms with Gasteiger partial charge in [0.1, 0.15) is 17.2 Å². The van der Waals surface area contributed by atoms with Gasteiger partial charge in [0.2, 0.25) is 5.95 Å². The lowest BCUT2D eigenvalue weighted by molar-refractivity contribution is 0.0958. The van der Waals surface area contributed by atoms with Crippen LogP contribution in [0.3, 0.4) is 0 Å². The summed E-state index contributed by atoms with van der Waals surface area (Å²) in [7, 11) is 1.57. The number of fused-ring (bicyclic) bond motifs is 1. The molecule has 7 nitrogen and oxygen atoms in total. The van der Waals surface area contributed by atoms with Gasteiger partial charge in [0.05, 0.1) is 5.52 Å². The zero-order chi connectivity index (χ0) is 23.3. The Kier molecular flexibility index (Phi) is 6.33. The predicted molar refractivity (Wildman–Crippen MR) is 133 cm³/mol. The number of benzene rings is 2. The van der Waals surface area contributed by atoms with E-state index in [0.717, 1.165) is 16.6 Å². The molecule has 1 fully saturated rings. The quantitative estimate of drug-likeness (QED) is 0.374. The average molecular weight is 454 g/mol. The van der Waals surface area contributed by atoms with Crippen molar-refractivity contribution < 1.29 is 9.53 Å². The minimum absolute atomic E-state index is 0.262. The molecule has 2 N–H and O–H groups in total. The molecule has 0 bridgehead atoms. The van der Waals surface area contributed by atoms with Crippen LogP contribution in [0.5, 0.6) is 11.5 Å². The fourth-order valence-corrected chi connectivity index (χ4v) is 4.43. The number of carbonyl (C=O) groups is 1. The van der Waals surface area contributed by atoms with Gasteiger partial charge >= 0.3 is 0 Å². The summed E-state index contributed by atoms with van der Waals surface area (Å²) in [5.74, 6) is 2.11. The van der Waals surface area contributed by atoms with E-state index in [4.69, 9.17) is 4.74 Å². The van der Waals surface area contributed by atoms with Crippen molar-refractivity contribution in [2.24, 2.45) is 0 Å². The van der Waals surface area contributed by atoms with Gasteiger partial charge in [-0.05, 0) is 60.7 Å². The summed E-state index contributed by atoms with van der Waals surface area (Å²) in [6.45, 7) is 0. The predicted octanol–water partition coefficient (Wildman–Crippen LogP) is 5.97. The van der Waals surface area contributed by atoms with Gasteiger partial charge < -0.3 is 15.4 Å². The third kappa shape index (κ3) is 4.98. The van der Waals surface area contributed by atoms with Gasteiger partial charge in [-0.2, -0.15) is 0 Å². The van der Waals surface area contributed by atoms with Crippen LogP contribution in [0.4, 0.5) is 11.6 Å². The Morgan fingerprint density at radius 1 is 0.971 bits per heavy atom. The lowest BCUT2D eigenvalue weighted by Gasteiger charge is -2.22. The van der Waals surface area contributed by atoms with Gasteiger partial charge in [-0.25, -0.2) is 9.97 Å². The smallest absolute Gasteiger partial charge is 0.269 e. The first-order chi connectivity index (χ1) is 16.7. The molecule has 0 spiro atoms. The van der Waals surface area contributed by atoms with E-state index in [1.165, 1.54) is 37.7 Å². The molecule has 172 valence electrons. The van der Waals surface area contributed by atoms with Crippen molar-refractivity contribution >= 4 is 28.4 Å². The second-order valence-electron chi connectivity index (χ2n) is 8.56. The number of amides is 1. The van der Waals surface area contributed by atoms with E-state index in [2.05, 4.69) is 49.9 Å². The van der Waals surface area contributed by atoms with Crippen LogP contribution >= 0.6 is 0 Å². The Labute approximate surface area is 198 Å². The van der Waals surface area contributed by atoms with Gasteiger partial charge in [0.15, 0.2) is 0 Å². The summed E-state index contributed by atoms with van der Waals surface area (Å²) in [5, 5.41) is 6.77. The van der Waals surface area contributed by atoms with Crippen LogP contribution in [0.1, 0.15) is 54.1 Å². The van der Waals surface area contributed by atoms with Crippen molar-refractivity contribution in [2.75, 3.05) is 12.4 Å². The molecule has 1 aliphatic rings. The number of pyridine rings is 1. The van der Waals surface area contributed by atoms with Crippen molar-refractivity contribution in [2.45, 2.75) is 38.0 Å². The summed E-state index contributed by atoms with van der Waals surface area (Å²) >= 11 is 0. The number of ether oxygens (including phenoxy) is 1. The van der Waals surface area contributed by atoms with Crippen molar-refractivity contribution in [3.8, 4) is 11.5 Å². The van der Waals surface area contributed by atoms with Crippen LogP contribution in [0.2, 0.25) is 0 Å². The lowest BCUT2D eigenvalue weighted by atomic mass is 9.84. The van der Waals surface area contributed by atoms with Gasteiger partial charge in [0, 0.05) is 36.6 Å². The maximum atomic E-state index is 11.8. The molecule has 0 unspecified atom stereocenters. The Hall–Kier alpha value is -4.00. The third-order valence-electron chi connectivity index (χ3n) is 6.20. The van der Waals surface area contributed by atoms with Crippen LogP contribution in [0, 0.1) is 0 Å². The van der Waals surface area contributed by atoms with E-state index >= 15 is 0 Å². The number of hydrogen-bond acceptors (Lipinski definition) is 6. The maximum Gasteiger partial charge on any atom is 0.269 e. The van der Waals surface area contributed by atoms with E-state index in [1.54, 1.807) is 31.6 Å². The number of rotatable bonds is 6. The SMILES string of the molecule is CNC(=O)c1cc(Oc2ccc3nc(Nc4cccc(C5CCCCC5)c4)ncc3c2)ccn1. The molecule has 34 heavy (non-hydrogen) atoms. The molecule has 0 saturated heterocycles. The normalized spacial score (nSPS) is 14.0. The molecule has 5 rings (SSSR count). The molecular weight excluding hydrogens is 426 g/mol. The Bertz CT molecular complexity index is 1320. The van der Waals surface area contributed by atoms with E-state index in [9.17, 15) is 4.79 Å². The van der Waals surface area contributed by atoms with Crippen LogP contribution in [-0.2, 0) is 0 Å². The van der Waals surface area contributed by atoms with Crippen molar-refractivity contribution in [1.29, 1.82) is 0 Å². The molecule has 2 aromatic carbocycles. The summed E-state index contributed by atoms with van der Waals surface area (Å²) in [6, 6.07) is 17.6. The summed E-state index contributed by atoms with van der Waals surface area (Å²) in [5.41, 5.74) is 3.51. The van der Waals surface area contributed by atoms with Gasteiger partial charge in [-0.15, -0.1) is 0 Å². The molecule has 1 amide bonds. The van der Waals surface area contributed by atoms with Crippen molar-refractivity contribution in [3.63, 3.8) is 0 Å². The summed E-state index contributed by atoms with van der Waals surface area (Å²) in [4.78, 5) is 25.0. The highest BCUT2D eigenvalue weighted by Gasteiger charge is 2.16. The molecule has 1 saturated carbocycles. The van der Waals surface area contributed by atoms with Gasteiger partial charge in [0.25, 0.3) is 5.91 Å². The van der Waals surface area contributed by atoms with Crippen LogP contribution in [0.25, 0.3) is 10.9 Å². The van der Waals surface area contributed by atoms with E-state index in [1.807, 2.05) is 18.2 Å². The standard InChI is InChI=1S/C27H27N5O2/c1-28-26(33)25-16-23(12-13-29-25)34-22-10-11-24-20(15-22)17-30-27(32-24)31-21-9-5-8-19(14-21)18-6-3-2-4-7-18/h5,8-18H,2-4,6-7H2,1H3,(H,28,33)(H,30,31,32). The second-order valence-corrected chi connectivity index (χ2v) is 8.56. The van der Waals surface area contributed by atoms with Gasteiger partial charge in [-0.3, -0.25) is 9.78 Å². The Morgan fingerprint density at radius 3 is 2.68 bits per heavy atom. The topological polar surface area (TPSA) is 89.0 Å². The molecule has 2 aromatic heterocycles. The lowest BCUT2D eigenvalue weighted by Crippen LogP contribution is -2.18. The van der Waals surface area contributed by atoms with Crippen LogP contribution in [0.15, 0.2) is 67.0 Å². The maximum absolute atomic E-state index is 11.8. The zero-order valence-corrected chi connectivity index (χ0v) is 19.1. The van der Waals surface area contributed by atoms with E-state index in [-0.39, 0.29) is 5.91 Å². The highest BCUT2D eigenvalue weighted by molar-refractivity contribution is 5.92. The largest absolute Gasteiger partial charge is 0.457 e. The summed E-state index contributed by atoms with van der Waals surface area (Å²) in [6.07, 6.45) is 9.86. The molecule has 7 heteroatoms. The van der Waals surface area contributed by atoms with E-state index < -0.39 is 0 Å². The molecular formula is C27H27N5O2. The van der Waals surface area contributed by atoms with E-state index in [0.29, 0.717) is 29.1 Å². The van der Waals surface area contributed by atoms with Crippen molar-refractivity contribution in [3.05, 3.63) is 78.2 Å². The highest BCUT2D eigenvalue weighted by atomic mass is 16.5. The molecule has 4 aromatic rings. The minimum Gasteiger partial charge on any atom is -0.457 e. The monoisotopic (exact) mass is 453 g/mol. The first kappa shape index (κ1) is 21.8. The Balaban J connectivity index is 1.31.